The van der Waals surface area contributed by atoms with Crippen molar-refractivity contribution in [1.29, 1.82) is 0 Å². The number of ether oxygens (including phenoxy) is 1. The molecular formula is C19H31N5O. The fraction of sp³-hybridized carbons (Fsp3) is 0.789. The normalized spacial score (nSPS) is 23.4. The number of rotatable bonds is 4. The molecule has 138 valence electrons. The summed E-state index contributed by atoms with van der Waals surface area (Å²) < 4.78 is 5.48. The maximum Gasteiger partial charge on any atom is 0.227 e. The maximum absolute atomic E-state index is 5.48. The van der Waals surface area contributed by atoms with Crippen LogP contribution < -0.4 is 9.80 Å². The van der Waals surface area contributed by atoms with Crippen molar-refractivity contribution in [3.8, 4) is 0 Å². The molecule has 0 bridgehead atoms. The Morgan fingerprint density at radius 1 is 0.960 bits per heavy atom. The topological polar surface area (TPSA) is 44.7 Å². The molecule has 6 heteroatoms. The van der Waals surface area contributed by atoms with E-state index in [4.69, 9.17) is 9.72 Å². The molecule has 4 heterocycles. The summed E-state index contributed by atoms with van der Waals surface area (Å²) in [7, 11) is 0. The molecule has 0 radical (unpaired) electrons. The van der Waals surface area contributed by atoms with Crippen LogP contribution in [0.25, 0.3) is 0 Å². The Labute approximate surface area is 151 Å². The van der Waals surface area contributed by atoms with E-state index in [1.807, 2.05) is 0 Å². The average Bonchev–Trinajstić information content (AvgIpc) is 3.17. The first-order valence-corrected chi connectivity index (χ1v) is 9.93. The number of aromatic nitrogens is 2. The van der Waals surface area contributed by atoms with Crippen molar-refractivity contribution in [1.82, 2.24) is 14.9 Å². The van der Waals surface area contributed by atoms with Crippen molar-refractivity contribution in [3.63, 3.8) is 0 Å². The summed E-state index contributed by atoms with van der Waals surface area (Å²) in [5.41, 5.74) is 1.08. The van der Waals surface area contributed by atoms with E-state index in [9.17, 15) is 0 Å². The Morgan fingerprint density at radius 2 is 1.68 bits per heavy atom. The second-order valence-electron chi connectivity index (χ2n) is 7.71. The van der Waals surface area contributed by atoms with Crippen LogP contribution in [0.2, 0.25) is 0 Å². The summed E-state index contributed by atoms with van der Waals surface area (Å²) >= 11 is 0. The van der Waals surface area contributed by atoms with Crippen molar-refractivity contribution >= 4 is 11.8 Å². The summed E-state index contributed by atoms with van der Waals surface area (Å²) in [6.07, 6.45) is 4.98. The van der Waals surface area contributed by atoms with Crippen LogP contribution in [0.5, 0.6) is 0 Å². The smallest absolute Gasteiger partial charge is 0.227 e. The maximum atomic E-state index is 5.48. The van der Waals surface area contributed by atoms with Gasteiger partial charge in [0.05, 0.1) is 0 Å². The van der Waals surface area contributed by atoms with E-state index in [0.717, 1.165) is 75.9 Å². The predicted molar refractivity (Wildman–Crippen MR) is 100 cm³/mol. The molecule has 6 nitrogen and oxygen atoms in total. The van der Waals surface area contributed by atoms with Crippen LogP contribution in [0.1, 0.15) is 31.4 Å². The highest BCUT2D eigenvalue weighted by atomic mass is 16.5. The minimum atomic E-state index is 0.823. The lowest BCUT2D eigenvalue weighted by atomic mass is 9.99. The highest BCUT2D eigenvalue weighted by Crippen LogP contribution is 2.22. The minimum Gasteiger partial charge on any atom is -0.381 e. The first-order chi connectivity index (χ1) is 12.3. The number of hydrogen-bond donors (Lipinski definition) is 0. The Kier molecular flexibility index (Phi) is 5.36. The molecule has 0 saturated carbocycles. The van der Waals surface area contributed by atoms with Crippen LogP contribution in [0.4, 0.5) is 11.8 Å². The van der Waals surface area contributed by atoms with Crippen LogP contribution in [0.3, 0.4) is 0 Å². The van der Waals surface area contributed by atoms with Crippen molar-refractivity contribution < 1.29 is 4.74 Å². The zero-order valence-electron chi connectivity index (χ0n) is 15.5. The largest absolute Gasteiger partial charge is 0.381 e. The van der Waals surface area contributed by atoms with Gasteiger partial charge in [0.1, 0.15) is 5.82 Å². The van der Waals surface area contributed by atoms with Gasteiger partial charge in [-0.25, -0.2) is 4.98 Å². The molecule has 0 N–H and O–H groups in total. The third-order valence-corrected chi connectivity index (χ3v) is 5.77. The van der Waals surface area contributed by atoms with Crippen molar-refractivity contribution in [2.24, 2.45) is 5.92 Å². The van der Waals surface area contributed by atoms with Crippen LogP contribution in [0.15, 0.2) is 6.07 Å². The molecule has 0 unspecified atom stereocenters. The van der Waals surface area contributed by atoms with Crippen LogP contribution in [-0.2, 0) is 4.74 Å². The molecular weight excluding hydrogens is 314 g/mol. The summed E-state index contributed by atoms with van der Waals surface area (Å²) in [6, 6.07) is 2.15. The Bertz CT molecular complexity index is 561. The summed E-state index contributed by atoms with van der Waals surface area (Å²) in [4.78, 5) is 17.0. The van der Waals surface area contributed by atoms with Gasteiger partial charge in [0.25, 0.3) is 0 Å². The first kappa shape index (κ1) is 17.0. The van der Waals surface area contributed by atoms with Gasteiger partial charge in [-0.15, -0.1) is 0 Å². The lowest BCUT2D eigenvalue weighted by Crippen LogP contribution is -2.48. The van der Waals surface area contributed by atoms with Gasteiger partial charge in [-0.1, -0.05) is 0 Å². The van der Waals surface area contributed by atoms with Crippen LogP contribution in [0, 0.1) is 12.8 Å². The highest BCUT2D eigenvalue weighted by molar-refractivity contribution is 5.46. The van der Waals surface area contributed by atoms with E-state index in [2.05, 4.69) is 32.7 Å². The van der Waals surface area contributed by atoms with Gasteiger partial charge in [-0.05, 0) is 38.5 Å². The fourth-order valence-electron chi connectivity index (χ4n) is 4.21. The molecule has 4 rings (SSSR count). The number of anilines is 2. The van der Waals surface area contributed by atoms with Crippen LogP contribution >= 0.6 is 0 Å². The molecule has 3 aliphatic rings. The summed E-state index contributed by atoms with van der Waals surface area (Å²) in [5.74, 6) is 2.86. The summed E-state index contributed by atoms with van der Waals surface area (Å²) in [5, 5.41) is 0. The van der Waals surface area contributed by atoms with E-state index >= 15 is 0 Å². The molecule has 1 aromatic rings. The van der Waals surface area contributed by atoms with Gasteiger partial charge < -0.3 is 14.5 Å². The van der Waals surface area contributed by atoms with Crippen molar-refractivity contribution in [3.05, 3.63) is 11.8 Å². The van der Waals surface area contributed by atoms with Gasteiger partial charge in [0, 0.05) is 70.8 Å². The zero-order valence-corrected chi connectivity index (χ0v) is 15.5. The lowest BCUT2D eigenvalue weighted by Gasteiger charge is -2.38. The Morgan fingerprint density at radius 3 is 2.40 bits per heavy atom. The molecule has 25 heavy (non-hydrogen) atoms. The Hall–Kier alpha value is -1.40. The molecule has 3 fully saturated rings. The van der Waals surface area contributed by atoms with Crippen molar-refractivity contribution in [2.45, 2.75) is 32.6 Å². The van der Waals surface area contributed by atoms with Gasteiger partial charge in [-0.2, -0.15) is 4.98 Å². The third-order valence-electron chi connectivity index (χ3n) is 5.77. The van der Waals surface area contributed by atoms with Crippen LogP contribution in [-0.4, -0.2) is 73.9 Å². The van der Waals surface area contributed by atoms with E-state index in [1.165, 1.54) is 32.2 Å². The van der Waals surface area contributed by atoms with Gasteiger partial charge >= 0.3 is 0 Å². The highest BCUT2D eigenvalue weighted by Gasteiger charge is 2.23. The molecule has 0 aliphatic carbocycles. The molecule has 0 spiro atoms. The average molecular weight is 345 g/mol. The molecule has 0 atom stereocenters. The van der Waals surface area contributed by atoms with Crippen molar-refractivity contribution in [2.75, 3.05) is 68.8 Å². The van der Waals surface area contributed by atoms with Gasteiger partial charge in [-0.3, -0.25) is 4.90 Å². The van der Waals surface area contributed by atoms with Gasteiger partial charge in [0.15, 0.2) is 0 Å². The molecule has 3 aliphatic heterocycles. The minimum absolute atomic E-state index is 0.823. The molecule has 1 aromatic heterocycles. The molecule has 3 saturated heterocycles. The second-order valence-corrected chi connectivity index (χ2v) is 7.71. The number of hydrogen-bond acceptors (Lipinski definition) is 6. The molecule has 0 aromatic carbocycles. The zero-order chi connectivity index (χ0) is 17.1. The van der Waals surface area contributed by atoms with E-state index in [0.29, 0.717) is 0 Å². The SMILES string of the molecule is Cc1cc(N2CCN(CC3CCOCC3)CC2)nc(N2CCCC2)n1. The van der Waals surface area contributed by atoms with E-state index in [1.54, 1.807) is 0 Å². The lowest BCUT2D eigenvalue weighted by molar-refractivity contribution is 0.0517. The Balaban J connectivity index is 1.35. The number of piperazine rings is 1. The van der Waals surface area contributed by atoms with Gasteiger partial charge in [0.2, 0.25) is 5.95 Å². The standard InChI is InChI=1S/C19H31N5O/c1-16-14-18(21-19(20-16)24-6-2-3-7-24)23-10-8-22(9-11-23)15-17-4-12-25-13-5-17/h14,17H,2-13,15H2,1H3. The van der Waals surface area contributed by atoms with E-state index in [-0.39, 0.29) is 0 Å². The second kappa shape index (κ2) is 7.87. The third kappa shape index (κ3) is 4.23. The first-order valence-electron chi connectivity index (χ1n) is 9.93. The quantitative estimate of drug-likeness (QED) is 0.831. The van der Waals surface area contributed by atoms with E-state index < -0.39 is 0 Å². The fourth-order valence-corrected chi connectivity index (χ4v) is 4.21. The predicted octanol–water partition coefficient (Wildman–Crippen LogP) is 1.93. The monoisotopic (exact) mass is 345 g/mol. The molecule has 0 amide bonds. The number of nitrogens with zero attached hydrogens (tertiary/aromatic N) is 5. The number of aryl methyl sites for hydroxylation is 1. The summed E-state index contributed by atoms with van der Waals surface area (Å²) in [6.45, 7) is 11.8.